The summed E-state index contributed by atoms with van der Waals surface area (Å²) in [6.07, 6.45) is 7.03. The highest BCUT2D eigenvalue weighted by atomic mass is 14.7. The minimum Gasteiger partial charge on any atom is -0.260 e. The Morgan fingerprint density at radius 1 is 1.36 bits per heavy atom. The highest BCUT2D eigenvalue weighted by Gasteiger charge is 2.13. The zero-order valence-electron chi connectivity index (χ0n) is 8.75. The molecule has 0 saturated heterocycles. The van der Waals surface area contributed by atoms with Gasteiger partial charge in [0.25, 0.3) is 0 Å². The molecule has 72 valence electrons. The van der Waals surface area contributed by atoms with E-state index in [-0.39, 0.29) is 0 Å². The molecule has 1 aliphatic rings. The second kappa shape index (κ2) is 3.41. The number of hydrogen-bond acceptors (Lipinski definition) is 1. The third-order valence-corrected chi connectivity index (χ3v) is 2.61. The van der Waals surface area contributed by atoms with Gasteiger partial charge in [-0.05, 0) is 28.7 Å². The zero-order valence-corrected chi connectivity index (χ0v) is 8.75. The van der Waals surface area contributed by atoms with Crippen LogP contribution < -0.4 is 0 Å². The van der Waals surface area contributed by atoms with Gasteiger partial charge in [-0.1, -0.05) is 32.6 Å². The van der Waals surface area contributed by atoms with Crippen LogP contribution in [0.15, 0.2) is 30.5 Å². The Hall–Kier alpha value is -1.37. The monoisotopic (exact) mass is 185 g/mol. The van der Waals surface area contributed by atoms with Crippen LogP contribution in [0.1, 0.15) is 36.6 Å². The maximum atomic E-state index is 4.40. The minimum absolute atomic E-state index is 0.558. The van der Waals surface area contributed by atoms with Gasteiger partial charge in [-0.2, -0.15) is 0 Å². The second-order valence-corrected chi connectivity index (χ2v) is 4.08. The van der Waals surface area contributed by atoms with Gasteiger partial charge in [0, 0.05) is 12.6 Å². The van der Waals surface area contributed by atoms with Gasteiger partial charge in [0.2, 0.25) is 0 Å². The van der Waals surface area contributed by atoms with E-state index >= 15 is 0 Å². The van der Waals surface area contributed by atoms with Crippen LogP contribution in [-0.2, 0) is 6.42 Å². The highest BCUT2D eigenvalue weighted by Crippen LogP contribution is 2.27. The normalized spacial score (nSPS) is 14.6. The van der Waals surface area contributed by atoms with Crippen LogP contribution in [0.4, 0.5) is 0 Å². The molecular formula is C13H15N. The first-order chi connectivity index (χ1) is 6.68. The maximum absolute atomic E-state index is 4.40. The van der Waals surface area contributed by atoms with Crippen molar-refractivity contribution in [2.24, 2.45) is 0 Å². The average molecular weight is 185 g/mol. The average Bonchev–Trinajstić information content (AvgIpc) is 2.16. The van der Waals surface area contributed by atoms with Crippen LogP contribution in [0.25, 0.3) is 6.08 Å². The highest BCUT2D eigenvalue weighted by molar-refractivity contribution is 5.63. The molecule has 0 amide bonds. The lowest BCUT2D eigenvalue weighted by Crippen LogP contribution is -2.04. The summed E-state index contributed by atoms with van der Waals surface area (Å²) in [6, 6.07) is 2.11. The number of fused-ring (bicyclic) bond motifs is 1. The standard InChI is InChI=1S/C13H15N/c1-9(2)11-6-7-14-13-8-10(3)4-5-12(11)13/h4-7,9H,3,8H2,1-2H3. The van der Waals surface area contributed by atoms with Gasteiger partial charge in [0.1, 0.15) is 0 Å². The first-order valence-electron chi connectivity index (χ1n) is 5.02. The number of rotatable bonds is 1. The maximum Gasteiger partial charge on any atom is 0.0522 e. The second-order valence-electron chi connectivity index (χ2n) is 4.08. The minimum atomic E-state index is 0.558. The summed E-state index contributed by atoms with van der Waals surface area (Å²) >= 11 is 0. The fourth-order valence-electron chi connectivity index (χ4n) is 1.85. The largest absolute Gasteiger partial charge is 0.260 e. The molecule has 1 heterocycles. The molecule has 0 aromatic carbocycles. The Bertz CT molecular complexity index is 400. The number of allylic oxidation sites excluding steroid dienone is 2. The summed E-state index contributed by atoms with van der Waals surface area (Å²) in [5, 5.41) is 0. The van der Waals surface area contributed by atoms with Crippen LogP contribution in [0.5, 0.6) is 0 Å². The van der Waals surface area contributed by atoms with Crippen LogP contribution in [0.2, 0.25) is 0 Å². The molecule has 1 nitrogen and oxygen atoms in total. The van der Waals surface area contributed by atoms with E-state index in [2.05, 4.69) is 43.6 Å². The first kappa shape index (κ1) is 9.20. The Kier molecular flexibility index (Phi) is 2.24. The number of hydrogen-bond donors (Lipinski definition) is 0. The molecule has 1 heteroatoms. The van der Waals surface area contributed by atoms with E-state index in [1.54, 1.807) is 0 Å². The predicted octanol–water partition coefficient (Wildman–Crippen LogP) is 3.33. The van der Waals surface area contributed by atoms with Crippen LogP contribution in [0, 0.1) is 0 Å². The van der Waals surface area contributed by atoms with E-state index in [4.69, 9.17) is 0 Å². The molecule has 0 bridgehead atoms. The van der Waals surface area contributed by atoms with Gasteiger partial charge >= 0.3 is 0 Å². The molecule has 0 N–H and O–H groups in total. The molecule has 0 saturated carbocycles. The van der Waals surface area contributed by atoms with Crippen molar-refractivity contribution in [3.05, 3.63) is 47.3 Å². The van der Waals surface area contributed by atoms with Crippen molar-refractivity contribution in [3.8, 4) is 0 Å². The molecule has 14 heavy (non-hydrogen) atoms. The van der Waals surface area contributed by atoms with E-state index in [0.29, 0.717) is 5.92 Å². The molecule has 0 spiro atoms. The summed E-state index contributed by atoms with van der Waals surface area (Å²) in [5.74, 6) is 0.558. The Morgan fingerprint density at radius 2 is 2.14 bits per heavy atom. The van der Waals surface area contributed by atoms with E-state index in [0.717, 1.165) is 12.0 Å². The molecule has 0 fully saturated rings. The lowest BCUT2D eigenvalue weighted by molar-refractivity contribution is 0.850. The molecule has 1 aromatic heterocycles. The van der Waals surface area contributed by atoms with Crippen molar-refractivity contribution in [1.29, 1.82) is 0 Å². The Balaban J connectivity index is 2.55. The fourth-order valence-corrected chi connectivity index (χ4v) is 1.85. The van der Waals surface area contributed by atoms with Gasteiger partial charge in [0.15, 0.2) is 0 Å². The summed E-state index contributed by atoms with van der Waals surface area (Å²) in [7, 11) is 0. The van der Waals surface area contributed by atoms with Crippen molar-refractivity contribution in [2.75, 3.05) is 0 Å². The van der Waals surface area contributed by atoms with Crippen molar-refractivity contribution in [3.63, 3.8) is 0 Å². The van der Waals surface area contributed by atoms with Gasteiger partial charge < -0.3 is 0 Å². The first-order valence-corrected chi connectivity index (χ1v) is 5.02. The summed E-state index contributed by atoms with van der Waals surface area (Å²) < 4.78 is 0. The SMILES string of the molecule is C=C1C=Cc2c(C(C)C)ccnc2C1. The van der Waals surface area contributed by atoms with Gasteiger partial charge in [-0.3, -0.25) is 4.98 Å². The molecule has 0 radical (unpaired) electrons. The topological polar surface area (TPSA) is 12.9 Å². The fraction of sp³-hybridized carbons (Fsp3) is 0.308. The number of pyridine rings is 1. The molecule has 0 atom stereocenters. The summed E-state index contributed by atoms with van der Waals surface area (Å²) in [6.45, 7) is 8.39. The summed E-state index contributed by atoms with van der Waals surface area (Å²) in [5.41, 5.74) is 5.00. The molecular weight excluding hydrogens is 170 g/mol. The summed E-state index contributed by atoms with van der Waals surface area (Å²) in [4.78, 5) is 4.40. The van der Waals surface area contributed by atoms with Crippen molar-refractivity contribution < 1.29 is 0 Å². The molecule has 1 aromatic rings. The Labute approximate surface area is 85.2 Å². The quantitative estimate of drug-likeness (QED) is 0.654. The third kappa shape index (κ3) is 1.50. The number of aromatic nitrogens is 1. The van der Waals surface area contributed by atoms with Crippen molar-refractivity contribution in [1.82, 2.24) is 4.98 Å². The van der Waals surface area contributed by atoms with E-state index in [9.17, 15) is 0 Å². The smallest absolute Gasteiger partial charge is 0.0522 e. The number of nitrogens with zero attached hydrogens (tertiary/aromatic N) is 1. The third-order valence-electron chi connectivity index (χ3n) is 2.61. The lowest BCUT2D eigenvalue weighted by Gasteiger charge is -2.17. The zero-order chi connectivity index (χ0) is 10.1. The van der Waals surface area contributed by atoms with Gasteiger partial charge in [-0.15, -0.1) is 0 Å². The molecule has 2 rings (SSSR count). The van der Waals surface area contributed by atoms with Crippen LogP contribution in [-0.4, -0.2) is 4.98 Å². The van der Waals surface area contributed by atoms with Crippen molar-refractivity contribution >= 4 is 6.08 Å². The molecule has 0 unspecified atom stereocenters. The van der Waals surface area contributed by atoms with E-state index < -0.39 is 0 Å². The van der Waals surface area contributed by atoms with Crippen LogP contribution in [0.3, 0.4) is 0 Å². The molecule has 1 aliphatic carbocycles. The van der Waals surface area contributed by atoms with Crippen LogP contribution >= 0.6 is 0 Å². The van der Waals surface area contributed by atoms with E-state index in [1.807, 2.05) is 6.20 Å². The Morgan fingerprint density at radius 3 is 2.86 bits per heavy atom. The van der Waals surface area contributed by atoms with Gasteiger partial charge in [-0.25, -0.2) is 0 Å². The lowest BCUT2D eigenvalue weighted by atomic mass is 9.91. The van der Waals surface area contributed by atoms with E-state index in [1.165, 1.54) is 16.8 Å². The van der Waals surface area contributed by atoms with Gasteiger partial charge in [0.05, 0.1) is 5.69 Å². The predicted molar refractivity (Wildman–Crippen MR) is 60.2 cm³/mol. The molecule has 0 aliphatic heterocycles. The van der Waals surface area contributed by atoms with Crippen molar-refractivity contribution in [2.45, 2.75) is 26.2 Å².